The van der Waals surface area contributed by atoms with Crippen LogP contribution in [-0.4, -0.2) is 23.1 Å². The van der Waals surface area contributed by atoms with E-state index in [0.717, 1.165) is 24.8 Å². The van der Waals surface area contributed by atoms with Gasteiger partial charge in [-0.25, -0.2) is 4.98 Å². The first-order valence-electron chi connectivity index (χ1n) is 5.52. The molecule has 0 aromatic carbocycles. The minimum atomic E-state index is 0.472. The fraction of sp³-hybridized carbons (Fsp3) is 0.636. The maximum absolute atomic E-state index is 5.83. The first-order valence-corrected chi connectivity index (χ1v) is 5.90. The van der Waals surface area contributed by atoms with Crippen molar-refractivity contribution in [3.05, 3.63) is 17.5 Å². The van der Waals surface area contributed by atoms with E-state index in [2.05, 4.69) is 21.8 Å². The molecule has 0 bridgehead atoms. The quantitative estimate of drug-likeness (QED) is 0.789. The molecule has 0 atom stereocenters. The summed E-state index contributed by atoms with van der Waals surface area (Å²) >= 11 is 5.83. The van der Waals surface area contributed by atoms with Crippen molar-refractivity contribution in [3.8, 4) is 0 Å². The van der Waals surface area contributed by atoms with Gasteiger partial charge in [-0.1, -0.05) is 18.0 Å². The van der Waals surface area contributed by atoms with Gasteiger partial charge in [-0.2, -0.15) is 0 Å². The van der Waals surface area contributed by atoms with Crippen LogP contribution < -0.4 is 4.90 Å². The van der Waals surface area contributed by atoms with Crippen molar-refractivity contribution < 1.29 is 0 Å². The summed E-state index contributed by atoms with van der Waals surface area (Å²) in [6.07, 6.45) is 7.44. The van der Waals surface area contributed by atoms with Crippen LogP contribution in [0.25, 0.3) is 0 Å². The van der Waals surface area contributed by atoms with Gasteiger partial charge in [-0.3, -0.25) is 4.98 Å². The third-order valence-electron chi connectivity index (χ3n) is 3.00. The summed E-state index contributed by atoms with van der Waals surface area (Å²) in [7, 11) is 0. The molecule has 1 aliphatic carbocycles. The summed E-state index contributed by atoms with van der Waals surface area (Å²) in [6, 6.07) is 0. The molecule has 0 radical (unpaired) electrons. The summed E-state index contributed by atoms with van der Waals surface area (Å²) in [5.74, 6) is 1.74. The second-order valence-electron chi connectivity index (χ2n) is 4.04. The number of nitrogens with zero attached hydrogens (tertiary/aromatic N) is 3. The zero-order valence-corrected chi connectivity index (χ0v) is 9.74. The Balaban J connectivity index is 2.04. The number of anilines is 1. The van der Waals surface area contributed by atoms with E-state index in [4.69, 9.17) is 11.6 Å². The molecule has 82 valence electrons. The van der Waals surface area contributed by atoms with Crippen molar-refractivity contribution in [1.82, 2.24) is 9.97 Å². The van der Waals surface area contributed by atoms with Gasteiger partial charge in [0.15, 0.2) is 0 Å². The molecule has 3 nitrogen and oxygen atoms in total. The Kier molecular flexibility index (Phi) is 3.41. The minimum absolute atomic E-state index is 0.472. The fourth-order valence-electron chi connectivity index (χ4n) is 1.86. The van der Waals surface area contributed by atoms with Gasteiger partial charge in [-0.15, -0.1) is 0 Å². The maximum Gasteiger partial charge on any atom is 0.149 e. The highest BCUT2D eigenvalue weighted by atomic mass is 35.5. The standard InChI is InChI=1S/C11H16ClN3/c1-2-15(8-9-4-3-5-9)11-7-13-6-10(12)14-11/h6-7,9H,2-5,8H2,1H3. The Morgan fingerprint density at radius 3 is 2.80 bits per heavy atom. The normalized spacial score (nSPS) is 16.1. The van der Waals surface area contributed by atoms with Gasteiger partial charge in [0.2, 0.25) is 0 Å². The lowest BCUT2D eigenvalue weighted by molar-refractivity contribution is 0.318. The van der Waals surface area contributed by atoms with Gasteiger partial charge in [0.25, 0.3) is 0 Å². The molecule has 1 heterocycles. The number of hydrogen-bond donors (Lipinski definition) is 0. The van der Waals surface area contributed by atoms with Gasteiger partial charge in [-0.05, 0) is 25.7 Å². The fourth-order valence-corrected chi connectivity index (χ4v) is 2.00. The average Bonchev–Trinajstić information content (AvgIpc) is 2.16. The van der Waals surface area contributed by atoms with Crippen LogP contribution in [0.4, 0.5) is 5.82 Å². The van der Waals surface area contributed by atoms with E-state index in [1.54, 1.807) is 12.4 Å². The lowest BCUT2D eigenvalue weighted by Gasteiger charge is -2.32. The summed E-state index contributed by atoms with van der Waals surface area (Å²) in [5, 5.41) is 0.472. The summed E-state index contributed by atoms with van der Waals surface area (Å²) in [6.45, 7) is 4.19. The molecule has 0 N–H and O–H groups in total. The van der Waals surface area contributed by atoms with E-state index in [-0.39, 0.29) is 0 Å². The zero-order chi connectivity index (χ0) is 10.7. The van der Waals surface area contributed by atoms with Crippen LogP contribution in [-0.2, 0) is 0 Å². The van der Waals surface area contributed by atoms with Gasteiger partial charge in [0, 0.05) is 13.1 Å². The second-order valence-corrected chi connectivity index (χ2v) is 4.42. The highest BCUT2D eigenvalue weighted by Gasteiger charge is 2.20. The molecule has 1 aromatic heterocycles. The number of aromatic nitrogens is 2. The molecule has 15 heavy (non-hydrogen) atoms. The topological polar surface area (TPSA) is 29.0 Å². The number of hydrogen-bond acceptors (Lipinski definition) is 3. The van der Waals surface area contributed by atoms with Crippen molar-refractivity contribution in [2.75, 3.05) is 18.0 Å². The molecule has 1 saturated carbocycles. The molecule has 0 amide bonds. The molecule has 0 aliphatic heterocycles. The first kappa shape index (κ1) is 10.7. The largest absolute Gasteiger partial charge is 0.355 e. The van der Waals surface area contributed by atoms with Crippen molar-refractivity contribution >= 4 is 17.4 Å². The lowest BCUT2D eigenvalue weighted by atomic mass is 9.85. The molecule has 2 rings (SSSR count). The van der Waals surface area contributed by atoms with Crippen LogP contribution in [0, 0.1) is 5.92 Å². The van der Waals surface area contributed by atoms with Crippen LogP contribution >= 0.6 is 11.6 Å². The van der Waals surface area contributed by atoms with Crippen LogP contribution in [0.15, 0.2) is 12.4 Å². The maximum atomic E-state index is 5.83. The van der Waals surface area contributed by atoms with Gasteiger partial charge in [0.05, 0.1) is 12.4 Å². The molecular weight excluding hydrogens is 210 g/mol. The Hall–Kier alpha value is -0.830. The van der Waals surface area contributed by atoms with Gasteiger partial charge >= 0.3 is 0 Å². The van der Waals surface area contributed by atoms with Crippen molar-refractivity contribution in [1.29, 1.82) is 0 Å². The predicted octanol–water partition coefficient (Wildman–Crippen LogP) is 2.76. The van der Waals surface area contributed by atoms with E-state index >= 15 is 0 Å². The first-order chi connectivity index (χ1) is 7.29. The molecule has 4 heteroatoms. The van der Waals surface area contributed by atoms with Crippen LogP contribution in [0.3, 0.4) is 0 Å². The van der Waals surface area contributed by atoms with E-state index in [1.165, 1.54) is 19.3 Å². The third kappa shape index (κ3) is 2.59. The van der Waals surface area contributed by atoms with E-state index in [1.807, 2.05) is 0 Å². The Labute approximate surface area is 95.5 Å². The molecule has 0 saturated heterocycles. The number of rotatable bonds is 4. The SMILES string of the molecule is CCN(CC1CCC1)c1cncc(Cl)n1. The Morgan fingerprint density at radius 1 is 1.47 bits per heavy atom. The van der Waals surface area contributed by atoms with Crippen molar-refractivity contribution in [2.45, 2.75) is 26.2 Å². The number of halogens is 1. The summed E-state index contributed by atoms with van der Waals surface area (Å²) < 4.78 is 0. The molecule has 1 fully saturated rings. The lowest BCUT2D eigenvalue weighted by Crippen LogP contribution is -2.33. The summed E-state index contributed by atoms with van der Waals surface area (Å²) in [4.78, 5) is 10.6. The highest BCUT2D eigenvalue weighted by Crippen LogP contribution is 2.28. The van der Waals surface area contributed by atoms with Crippen LogP contribution in [0.5, 0.6) is 0 Å². The molecule has 1 aliphatic rings. The summed E-state index contributed by atoms with van der Waals surface area (Å²) in [5.41, 5.74) is 0. The molecule has 0 spiro atoms. The smallest absolute Gasteiger partial charge is 0.149 e. The predicted molar refractivity (Wildman–Crippen MR) is 62.3 cm³/mol. The zero-order valence-electron chi connectivity index (χ0n) is 8.99. The van der Waals surface area contributed by atoms with E-state index in [0.29, 0.717) is 5.15 Å². The van der Waals surface area contributed by atoms with Gasteiger partial charge in [0.1, 0.15) is 11.0 Å². The Morgan fingerprint density at radius 2 is 2.27 bits per heavy atom. The Bertz CT molecular complexity index is 325. The molecule has 1 aromatic rings. The van der Waals surface area contributed by atoms with Crippen molar-refractivity contribution in [2.24, 2.45) is 5.92 Å². The highest BCUT2D eigenvalue weighted by molar-refractivity contribution is 6.29. The molecular formula is C11H16ClN3. The molecule has 0 unspecified atom stereocenters. The average molecular weight is 226 g/mol. The van der Waals surface area contributed by atoms with E-state index < -0.39 is 0 Å². The van der Waals surface area contributed by atoms with Crippen LogP contribution in [0.2, 0.25) is 5.15 Å². The van der Waals surface area contributed by atoms with E-state index in [9.17, 15) is 0 Å². The van der Waals surface area contributed by atoms with Crippen molar-refractivity contribution in [3.63, 3.8) is 0 Å². The second kappa shape index (κ2) is 4.79. The monoisotopic (exact) mass is 225 g/mol. The van der Waals surface area contributed by atoms with Crippen LogP contribution in [0.1, 0.15) is 26.2 Å². The third-order valence-corrected chi connectivity index (χ3v) is 3.18. The van der Waals surface area contributed by atoms with Gasteiger partial charge < -0.3 is 4.90 Å². The minimum Gasteiger partial charge on any atom is -0.355 e.